The number of hydrogen-bond donors (Lipinski definition) is 0. The standard InChI is InChI=1S/C15H10F3NOS/c1-9(20)19-11-4-2-3-5-13(11)21-14-7-6-10(8-12(14)19)15(16,17)18/h2-8H,1H3. The summed E-state index contributed by atoms with van der Waals surface area (Å²) in [5.74, 6) is -0.316. The summed E-state index contributed by atoms with van der Waals surface area (Å²) in [7, 11) is 0. The van der Waals surface area contributed by atoms with Gasteiger partial charge in [-0.2, -0.15) is 13.2 Å². The predicted molar refractivity (Wildman–Crippen MR) is 74.8 cm³/mol. The maximum absolute atomic E-state index is 12.9. The predicted octanol–water partition coefficient (Wildman–Crippen LogP) is 4.85. The summed E-state index contributed by atoms with van der Waals surface area (Å²) in [4.78, 5) is 14.7. The fourth-order valence-electron chi connectivity index (χ4n) is 2.27. The first-order valence-electron chi connectivity index (χ1n) is 6.17. The van der Waals surface area contributed by atoms with Gasteiger partial charge >= 0.3 is 6.18 Å². The van der Waals surface area contributed by atoms with Crippen molar-refractivity contribution >= 4 is 29.0 Å². The van der Waals surface area contributed by atoms with Crippen LogP contribution >= 0.6 is 11.8 Å². The molecule has 0 unspecified atom stereocenters. The molecule has 0 N–H and O–H groups in total. The zero-order chi connectivity index (χ0) is 15.2. The Balaban J connectivity index is 2.20. The second kappa shape index (κ2) is 4.80. The quantitative estimate of drug-likeness (QED) is 0.693. The van der Waals surface area contributed by atoms with E-state index in [1.54, 1.807) is 12.1 Å². The van der Waals surface area contributed by atoms with E-state index in [1.807, 2.05) is 12.1 Å². The number of hydrogen-bond acceptors (Lipinski definition) is 2. The Kier molecular flexibility index (Phi) is 3.20. The third-order valence-corrected chi connectivity index (χ3v) is 4.30. The number of para-hydroxylation sites is 1. The summed E-state index contributed by atoms with van der Waals surface area (Å²) in [6.45, 7) is 1.34. The molecule has 0 atom stereocenters. The molecule has 1 aliphatic heterocycles. The Morgan fingerprint density at radius 1 is 1.05 bits per heavy atom. The van der Waals surface area contributed by atoms with E-state index in [9.17, 15) is 18.0 Å². The number of anilines is 2. The van der Waals surface area contributed by atoms with E-state index in [-0.39, 0.29) is 11.6 Å². The molecule has 0 aliphatic carbocycles. The highest BCUT2D eigenvalue weighted by molar-refractivity contribution is 7.99. The lowest BCUT2D eigenvalue weighted by atomic mass is 10.1. The van der Waals surface area contributed by atoms with Crippen LogP contribution in [0.3, 0.4) is 0 Å². The second-order valence-corrected chi connectivity index (χ2v) is 5.69. The molecule has 1 amide bonds. The number of rotatable bonds is 0. The Bertz CT molecular complexity index is 727. The molecule has 2 aromatic carbocycles. The van der Waals surface area contributed by atoms with Gasteiger partial charge in [-0.1, -0.05) is 23.9 Å². The summed E-state index contributed by atoms with van der Waals surface area (Å²) in [5, 5.41) is 0. The van der Waals surface area contributed by atoms with Gasteiger partial charge in [-0.15, -0.1) is 0 Å². The van der Waals surface area contributed by atoms with Crippen molar-refractivity contribution in [2.75, 3.05) is 4.90 Å². The summed E-state index contributed by atoms with van der Waals surface area (Å²) in [6, 6.07) is 10.6. The fourth-order valence-corrected chi connectivity index (χ4v) is 3.31. The largest absolute Gasteiger partial charge is 0.416 e. The third kappa shape index (κ3) is 2.40. The van der Waals surface area contributed by atoms with Gasteiger partial charge in [0, 0.05) is 16.7 Å². The van der Waals surface area contributed by atoms with Crippen LogP contribution in [0.1, 0.15) is 12.5 Å². The molecule has 1 aliphatic rings. The van der Waals surface area contributed by atoms with Crippen molar-refractivity contribution in [1.82, 2.24) is 0 Å². The van der Waals surface area contributed by atoms with Crippen LogP contribution < -0.4 is 4.90 Å². The lowest BCUT2D eigenvalue weighted by Crippen LogP contribution is -2.26. The maximum Gasteiger partial charge on any atom is 0.416 e. The van der Waals surface area contributed by atoms with Crippen molar-refractivity contribution in [3.8, 4) is 0 Å². The van der Waals surface area contributed by atoms with Crippen LogP contribution in [0.2, 0.25) is 0 Å². The normalized spacial score (nSPS) is 13.6. The molecule has 0 spiro atoms. The zero-order valence-corrected chi connectivity index (χ0v) is 11.8. The molecular weight excluding hydrogens is 299 g/mol. The molecule has 0 saturated heterocycles. The zero-order valence-electron chi connectivity index (χ0n) is 10.9. The van der Waals surface area contributed by atoms with Crippen molar-refractivity contribution in [3.05, 3.63) is 48.0 Å². The number of carbonyl (C=O) groups is 1. The summed E-state index contributed by atoms with van der Waals surface area (Å²) < 4.78 is 38.6. The van der Waals surface area contributed by atoms with E-state index in [1.165, 1.54) is 29.7 Å². The van der Waals surface area contributed by atoms with Crippen molar-refractivity contribution in [2.24, 2.45) is 0 Å². The summed E-state index contributed by atoms with van der Waals surface area (Å²) in [6.07, 6.45) is -4.43. The summed E-state index contributed by atoms with van der Waals surface area (Å²) in [5.41, 5.74) is 0.135. The molecule has 108 valence electrons. The smallest absolute Gasteiger partial charge is 0.279 e. The van der Waals surface area contributed by atoms with Gasteiger partial charge in [-0.25, -0.2) is 0 Å². The molecule has 6 heteroatoms. The van der Waals surface area contributed by atoms with Crippen molar-refractivity contribution in [3.63, 3.8) is 0 Å². The van der Waals surface area contributed by atoms with Crippen LogP contribution in [0.4, 0.5) is 24.5 Å². The molecule has 1 heterocycles. The average Bonchev–Trinajstić information content (AvgIpc) is 2.42. The van der Waals surface area contributed by atoms with Crippen LogP contribution in [0, 0.1) is 0 Å². The van der Waals surface area contributed by atoms with Gasteiger partial charge in [0.15, 0.2) is 0 Å². The Hall–Kier alpha value is -1.95. The van der Waals surface area contributed by atoms with E-state index in [4.69, 9.17) is 0 Å². The van der Waals surface area contributed by atoms with Gasteiger partial charge in [0.25, 0.3) is 0 Å². The highest BCUT2D eigenvalue weighted by atomic mass is 32.2. The van der Waals surface area contributed by atoms with E-state index in [0.717, 1.165) is 17.0 Å². The number of fused-ring (bicyclic) bond motifs is 2. The SMILES string of the molecule is CC(=O)N1c2ccccc2Sc2ccc(C(F)(F)F)cc21. The Labute approximate surface area is 123 Å². The Morgan fingerprint density at radius 3 is 2.38 bits per heavy atom. The van der Waals surface area contributed by atoms with E-state index in [2.05, 4.69) is 0 Å². The van der Waals surface area contributed by atoms with E-state index >= 15 is 0 Å². The van der Waals surface area contributed by atoms with Gasteiger partial charge in [0.2, 0.25) is 5.91 Å². The minimum absolute atomic E-state index is 0.279. The molecule has 0 fully saturated rings. The molecule has 0 radical (unpaired) electrons. The first-order chi connectivity index (χ1) is 9.88. The van der Waals surface area contributed by atoms with Gasteiger partial charge in [-0.05, 0) is 30.3 Å². The molecule has 0 saturated carbocycles. The lowest BCUT2D eigenvalue weighted by molar-refractivity contribution is -0.137. The van der Waals surface area contributed by atoms with Crippen LogP contribution in [0.15, 0.2) is 52.3 Å². The minimum atomic E-state index is -4.43. The highest BCUT2D eigenvalue weighted by Gasteiger charge is 2.34. The number of carbonyl (C=O) groups excluding carboxylic acids is 1. The number of benzene rings is 2. The molecule has 21 heavy (non-hydrogen) atoms. The summed E-state index contributed by atoms with van der Waals surface area (Å²) >= 11 is 1.36. The van der Waals surface area contributed by atoms with Crippen LogP contribution in [-0.4, -0.2) is 5.91 Å². The number of halogens is 3. The number of amides is 1. The molecular formula is C15H10F3NOS. The van der Waals surface area contributed by atoms with Crippen molar-refractivity contribution in [1.29, 1.82) is 0 Å². The Morgan fingerprint density at radius 2 is 1.71 bits per heavy atom. The number of alkyl halides is 3. The van der Waals surface area contributed by atoms with Crippen LogP contribution in [-0.2, 0) is 11.0 Å². The lowest BCUT2D eigenvalue weighted by Gasteiger charge is -2.30. The molecule has 2 nitrogen and oxygen atoms in total. The second-order valence-electron chi connectivity index (χ2n) is 4.60. The molecule has 2 aromatic rings. The van der Waals surface area contributed by atoms with Crippen LogP contribution in [0.5, 0.6) is 0 Å². The van der Waals surface area contributed by atoms with Gasteiger partial charge in [0.05, 0.1) is 16.9 Å². The van der Waals surface area contributed by atoms with Crippen LogP contribution in [0.25, 0.3) is 0 Å². The number of nitrogens with zero attached hydrogens (tertiary/aromatic N) is 1. The first kappa shape index (κ1) is 14.0. The fraction of sp³-hybridized carbons (Fsp3) is 0.133. The first-order valence-corrected chi connectivity index (χ1v) is 6.98. The average molecular weight is 309 g/mol. The van der Waals surface area contributed by atoms with Gasteiger partial charge < -0.3 is 0 Å². The minimum Gasteiger partial charge on any atom is -0.279 e. The van der Waals surface area contributed by atoms with Crippen molar-refractivity contribution in [2.45, 2.75) is 22.9 Å². The molecule has 0 bridgehead atoms. The topological polar surface area (TPSA) is 20.3 Å². The highest BCUT2D eigenvalue weighted by Crippen LogP contribution is 2.49. The van der Waals surface area contributed by atoms with Crippen molar-refractivity contribution < 1.29 is 18.0 Å². The van der Waals surface area contributed by atoms with E-state index in [0.29, 0.717) is 10.6 Å². The van der Waals surface area contributed by atoms with E-state index < -0.39 is 11.7 Å². The van der Waals surface area contributed by atoms with Gasteiger partial charge in [-0.3, -0.25) is 9.69 Å². The third-order valence-electron chi connectivity index (χ3n) is 3.17. The maximum atomic E-state index is 12.9. The molecule has 0 aromatic heterocycles. The van der Waals surface area contributed by atoms with Gasteiger partial charge in [0.1, 0.15) is 0 Å². The monoisotopic (exact) mass is 309 g/mol. The molecule has 3 rings (SSSR count).